The van der Waals surface area contributed by atoms with E-state index in [-0.39, 0.29) is 11.7 Å². The van der Waals surface area contributed by atoms with Gasteiger partial charge in [0.25, 0.3) is 0 Å². The molecule has 1 fully saturated rings. The number of hydrogen-bond acceptors (Lipinski definition) is 5. The van der Waals surface area contributed by atoms with E-state index in [1.807, 2.05) is 28.5 Å². The van der Waals surface area contributed by atoms with Gasteiger partial charge in [-0.2, -0.15) is 0 Å². The molecule has 3 heterocycles. The lowest BCUT2D eigenvalue weighted by Gasteiger charge is -2.35. The smallest absolute Gasteiger partial charge is 0.228 e. The van der Waals surface area contributed by atoms with Crippen molar-refractivity contribution in [1.82, 2.24) is 14.9 Å². The van der Waals surface area contributed by atoms with Gasteiger partial charge in [0.15, 0.2) is 0 Å². The number of aromatic nitrogens is 2. The van der Waals surface area contributed by atoms with Crippen molar-refractivity contribution in [1.29, 1.82) is 0 Å². The maximum absolute atomic E-state index is 13.0. The van der Waals surface area contributed by atoms with Crippen LogP contribution < -0.4 is 4.90 Å². The minimum Gasteiger partial charge on any atom is -0.353 e. The first kappa shape index (κ1) is 17.6. The molecule has 1 aliphatic heterocycles. The standard InChI is InChI=1S/C20H19FN4OS/c21-16-6-4-15(5-7-16)20-23-17(14-27-20)13-19(26)25-11-9-24(10-12-25)18-3-1-2-8-22-18/h1-8,14H,9-13H2. The molecule has 1 aliphatic rings. The zero-order valence-electron chi connectivity index (χ0n) is 14.7. The van der Waals surface area contributed by atoms with Crippen molar-refractivity contribution < 1.29 is 9.18 Å². The molecule has 2 aromatic heterocycles. The fourth-order valence-corrected chi connectivity index (χ4v) is 3.93. The van der Waals surface area contributed by atoms with Crippen LogP contribution in [0.25, 0.3) is 10.6 Å². The minimum absolute atomic E-state index is 0.0895. The summed E-state index contributed by atoms with van der Waals surface area (Å²) in [7, 11) is 0. The molecule has 0 spiro atoms. The zero-order chi connectivity index (χ0) is 18.6. The fraction of sp³-hybridized carbons (Fsp3) is 0.250. The predicted octanol–water partition coefficient (Wildman–Crippen LogP) is 3.24. The number of halogens is 1. The average molecular weight is 382 g/mol. The number of pyridine rings is 1. The van der Waals surface area contributed by atoms with Crippen molar-refractivity contribution in [2.24, 2.45) is 0 Å². The molecule has 0 unspecified atom stereocenters. The molecule has 0 saturated carbocycles. The molecule has 1 saturated heterocycles. The van der Waals surface area contributed by atoms with Gasteiger partial charge in [-0.1, -0.05) is 6.07 Å². The van der Waals surface area contributed by atoms with E-state index in [4.69, 9.17) is 0 Å². The van der Waals surface area contributed by atoms with Gasteiger partial charge < -0.3 is 9.80 Å². The Morgan fingerprint density at radius 2 is 1.85 bits per heavy atom. The summed E-state index contributed by atoms with van der Waals surface area (Å²) < 4.78 is 13.0. The van der Waals surface area contributed by atoms with E-state index in [1.54, 1.807) is 18.3 Å². The summed E-state index contributed by atoms with van der Waals surface area (Å²) in [5, 5.41) is 2.71. The summed E-state index contributed by atoms with van der Waals surface area (Å²) in [5.41, 5.74) is 1.63. The van der Waals surface area contributed by atoms with Crippen molar-refractivity contribution in [2.75, 3.05) is 31.1 Å². The lowest BCUT2D eigenvalue weighted by molar-refractivity contribution is -0.130. The van der Waals surface area contributed by atoms with E-state index in [2.05, 4.69) is 14.9 Å². The summed E-state index contributed by atoms with van der Waals surface area (Å²) in [6, 6.07) is 12.1. The van der Waals surface area contributed by atoms with Gasteiger partial charge in [-0.15, -0.1) is 11.3 Å². The number of thiazole rings is 1. The Labute approximate surface area is 161 Å². The van der Waals surface area contributed by atoms with Crippen molar-refractivity contribution in [2.45, 2.75) is 6.42 Å². The second-order valence-corrected chi connectivity index (χ2v) is 7.24. The van der Waals surface area contributed by atoms with Crippen LogP contribution in [0.1, 0.15) is 5.69 Å². The number of benzene rings is 1. The van der Waals surface area contributed by atoms with E-state index < -0.39 is 0 Å². The van der Waals surface area contributed by atoms with Gasteiger partial charge in [-0.25, -0.2) is 14.4 Å². The Kier molecular flexibility index (Phi) is 5.11. The summed E-state index contributed by atoms with van der Waals surface area (Å²) in [6.07, 6.45) is 2.08. The molecule has 3 aromatic rings. The Bertz CT molecular complexity index is 905. The van der Waals surface area contributed by atoms with Gasteiger partial charge in [-0.05, 0) is 36.4 Å². The Balaban J connectivity index is 1.34. The molecule has 1 aromatic carbocycles. The van der Waals surface area contributed by atoms with E-state index in [9.17, 15) is 9.18 Å². The van der Waals surface area contributed by atoms with Gasteiger partial charge in [0.1, 0.15) is 16.6 Å². The summed E-state index contributed by atoms with van der Waals surface area (Å²) in [5.74, 6) is 0.773. The van der Waals surface area contributed by atoms with Crippen molar-refractivity contribution >= 4 is 23.1 Å². The predicted molar refractivity (Wildman–Crippen MR) is 104 cm³/mol. The van der Waals surface area contributed by atoms with Gasteiger partial charge >= 0.3 is 0 Å². The molecule has 7 heteroatoms. The molecule has 27 heavy (non-hydrogen) atoms. The van der Waals surface area contributed by atoms with Gasteiger partial charge in [0.2, 0.25) is 5.91 Å². The van der Waals surface area contributed by atoms with Crippen LogP contribution in [0.3, 0.4) is 0 Å². The fourth-order valence-electron chi connectivity index (χ4n) is 3.11. The molecule has 0 atom stereocenters. The highest BCUT2D eigenvalue weighted by molar-refractivity contribution is 7.13. The normalized spacial score (nSPS) is 14.4. The van der Waals surface area contributed by atoms with E-state index in [0.717, 1.165) is 35.2 Å². The number of hydrogen-bond donors (Lipinski definition) is 0. The number of anilines is 1. The highest BCUT2D eigenvalue weighted by Gasteiger charge is 2.22. The van der Waals surface area contributed by atoms with Crippen molar-refractivity contribution in [3.8, 4) is 10.6 Å². The average Bonchev–Trinajstić information content (AvgIpc) is 3.18. The summed E-state index contributed by atoms with van der Waals surface area (Å²) >= 11 is 1.47. The second kappa shape index (κ2) is 7.84. The lowest BCUT2D eigenvalue weighted by Crippen LogP contribution is -2.49. The van der Waals surface area contributed by atoms with Crippen LogP contribution in [0.4, 0.5) is 10.2 Å². The molecular weight excluding hydrogens is 363 g/mol. The highest BCUT2D eigenvalue weighted by Crippen LogP contribution is 2.24. The molecule has 1 amide bonds. The van der Waals surface area contributed by atoms with Crippen LogP contribution in [0.5, 0.6) is 0 Å². The molecular formula is C20H19FN4OS. The first-order valence-corrected chi connectivity index (χ1v) is 9.71. The van der Waals surface area contributed by atoms with Crippen molar-refractivity contribution in [3.63, 3.8) is 0 Å². The molecule has 138 valence electrons. The first-order valence-electron chi connectivity index (χ1n) is 8.83. The third-order valence-electron chi connectivity index (χ3n) is 4.58. The summed E-state index contributed by atoms with van der Waals surface area (Å²) in [4.78, 5) is 25.6. The van der Waals surface area contributed by atoms with Crippen molar-refractivity contribution in [3.05, 3.63) is 65.6 Å². The largest absolute Gasteiger partial charge is 0.353 e. The van der Waals surface area contributed by atoms with Gasteiger partial charge in [-0.3, -0.25) is 4.79 Å². The van der Waals surface area contributed by atoms with Crippen LogP contribution in [0, 0.1) is 5.82 Å². The molecule has 5 nitrogen and oxygen atoms in total. The number of carbonyl (C=O) groups is 1. The third kappa shape index (κ3) is 4.14. The van der Waals surface area contributed by atoms with Crippen LogP contribution in [-0.2, 0) is 11.2 Å². The minimum atomic E-state index is -0.268. The van der Waals surface area contributed by atoms with E-state index in [1.165, 1.54) is 23.5 Å². The third-order valence-corrected chi connectivity index (χ3v) is 5.52. The monoisotopic (exact) mass is 382 g/mol. The molecule has 0 aliphatic carbocycles. The number of piperazine rings is 1. The van der Waals surface area contributed by atoms with E-state index in [0.29, 0.717) is 19.5 Å². The van der Waals surface area contributed by atoms with Crippen LogP contribution in [-0.4, -0.2) is 47.0 Å². The number of nitrogens with zero attached hydrogens (tertiary/aromatic N) is 4. The second-order valence-electron chi connectivity index (χ2n) is 6.38. The van der Waals surface area contributed by atoms with Crippen LogP contribution in [0.2, 0.25) is 0 Å². The Hall–Kier alpha value is -2.80. The Morgan fingerprint density at radius 1 is 1.07 bits per heavy atom. The zero-order valence-corrected chi connectivity index (χ0v) is 15.5. The molecule has 0 N–H and O–H groups in total. The quantitative estimate of drug-likeness (QED) is 0.695. The van der Waals surface area contributed by atoms with Gasteiger partial charge in [0.05, 0.1) is 12.1 Å². The van der Waals surface area contributed by atoms with E-state index >= 15 is 0 Å². The summed E-state index contributed by atoms with van der Waals surface area (Å²) in [6.45, 7) is 2.93. The number of carbonyl (C=O) groups excluding carboxylic acids is 1. The molecule has 0 radical (unpaired) electrons. The lowest BCUT2D eigenvalue weighted by atomic mass is 10.2. The first-order chi connectivity index (χ1) is 13.2. The topological polar surface area (TPSA) is 49.3 Å². The van der Waals surface area contributed by atoms with Gasteiger partial charge in [0, 0.05) is 43.3 Å². The maximum atomic E-state index is 13.0. The van der Waals surface area contributed by atoms with Crippen LogP contribution in [0.15, 0.2) is 54.0 Å². The highest BCUT2D eigenvalue weighted by atomic mass is 32.1. The SMILES string of the molecule is O=C(Cc1csc(-c2ccc(F)cc2)n1)N1CCN(c2ccccn2)CC1. The Morgan fingerprint density at radius 3 is 2.56 bits per heavy atom. The molecule has 4 rings (SSSR count). The van der Waals surface area contributed by atoms with Crippen LogP contribution >= 0.6 is 11.3 Å². The number of rotatable bonds is 4. The molecule has 0 bridgehead atoms. The number of amides is 1. The maximum Gasteiger partial charge on any atom is 0.228 e.